The normalized spacial score (nSPS) is 56.2. The summed E-state index contributed by atoms with van der Waals surface area (Å²) in [5.41, 5.74) is 0. The van der Waals surface area contributed by atoms with Gasteiger partial charge in [0.15, 0.2) is 18.7 Å². The largest absolute Gasteiger partial charge is 0.393 e. The van der Waals surface area contributed by atoms with E-state index in [2.05, 4.69) is 0 Å². The topological polar surface area (TPSA) is 51.2 Å². The van der Waals surface area contributed by atoms with Gasteiger partial charge >= 0.3 is 0 Å². The first kappa shape index (κ1) is 7.26. The Morgan fingerprint density at radius 1 is 1.25 bits per heavy atom. The minimum Gasteiger partial charge on any atom is -0.393 e. The molecule has 68 valence electrons. The Morgan fingerprint density at radius 3 is 2.67 bits per heavy atom. The Balaban J connectivity index is 1.49. The Morgan fingerprint density at radius 2 is 2.17 bits per heavy atom. The van der Waals surface area contributed by atoms with Gasteiger partial charge < -0.3 is 19.3 Å². The van der Waals surface area contributed by atoms with Gasteiger partial charge in [-0.1, -0.05) is 0 Å². The number of hydrogen-bond acceptors (Lipinski definition) is 4. The van der Waals surface area contributed by atoms with Crippen molar-refractivity contribution < 1.29 is 19.3 Å². The maximum atomic E-state index is 9.23. The van der Waals surface area contributed by atoms with Crippen molar-refractivity contribution in [3.63, 3.8) is 0 Å². The predicted octanol–water partition coefficient (Wildman–Crippen LogP) is -0.00240. The van der Waals surface area contributed by atoms with Crippen LogP contribution >= 0.6 is 0 Å². The molecular weight excluding hydrogens is 160 g/mol. The molecule has 5 atom stereocenters. The van der Waals surface area contributed by atoms with Crippen molar-refractivity contribution in [3.8, 4) is 0 Å². The summed E-state index contributed by atoms with van der Waals surface area (Å²) in [6.45, 7) is 0. The number of aliphatic hydroxyl groups is 1. The molecule has 1 saturated carbocycles. The number of fused-ring (bicyclic) bond motifs is 1. The zero-order chi connectivity index (χ0) is 8.13. The molecule has 3 aliphatic rings. The van der Waals surface area contributed by atoms with Gasteiger partial charge in [-0.25, -0.2) is 0 Å². The van der Waals surface area contributed by atoms with E-state index in [0.717, 1.165) is 19.3 Å². The van der Waals surface area contributed by atoms with Crippen LogP contribution in [0.4, 0.5) is 0 Å². The van der Waals surface area contributed by atoms with Crippen LogP contribution < -0.4 is 0 Å². The minimum atomic E-state index is -0.175. The summed E-state index contributed by atoms with van der Waals surface area (Å²) in [5, 5.41) is 9.23. The molecule has 0 bridgehead atoms. The average molecular weight is 172 g/mol. The summed E-state index contributed by atoms with van der Waals surface area (Å²) in [7, 11) is 0. The molecule has 0 amide bonds. The lowest BCUT2D eigenvalue weighted by Gasteiger charge is -2.24. The van der Waals surface area contributed by atoms with Crippen LogP contribution in [0.5, 0.6) is 0 Å². The molecule has 0 spiro atoms. The molecule has 1 aliphatic carbocycles. The van der Waals surface area contributed by atoms with Crippen LogP contribution in [0.15, 0.2) is 0 Å². The SMILES string of the molecule is OC1CCC(OC2OC3OC23)C1. The van der Waals surface area contributed by atoms with Crippen molar-refractivity contribution in [1.82, 2.24) is 0 Å². The number of epoxide rings is 1. The smallest absolute Gasteiger partial charge is 0.192 e. The van der Waals surface area contributed by atoms with Crippen LogP contribution in [-0.2, 0) is 14.2 Å². The molecular formula is C8H12O4. The van der Waals surface area contributed by atoms with Gasteiger partial charge in [-0.3, -0.25) is 0 Å². The van der Waals surface area contributed by atoms with E-state index in [1.807, 2.05) is 0 Å². The van der Waals surface area contributed by atoms with Crippen LogP contribution in [0, 0.1) is 0 Å². The maximum Gasteiger partial charge on any atom is 0.192 e. The second-order valence-electron chi connectivity index (χ2n) is 3.70. The highest BCUT2D eigenvalue weighted by Gasteiger charge is 2.60. The minimum absolute atomic E-state index is 0.0290. The Kier molecular flexibility index (Phi) is 1.46. The molecule has 4 heteroatoms. The molecule has 3 rings (SSSR count). The molecule has 2 saturated heterocycles. The monoisotopic (exact) mass is 172 g/mol. The number of ether oxygens (including phenoxy) is 3. The molecule has 2 heterocycles. The van der Waals surface area contributed by atoms with Crippen molar-refractivity contribution in [2.75, 3.05) is 0 Å². The van der Waals surface area contributed by atoms with Crippen LogP contribution in [0.3, 0.4) is 0 Å². The Labute approximate surface area is 70.4 Å². The van der Waals surface area contributed by atoms with Gasteiger partial charge in [0.05, 0.1) is 12.2 Å². The highest BCUT2D eigenvalue weighted by atomic mass is 16.9. The van der Waals surface area contributed by atoms with Gasteiger partial charge in [-0.2, -0.15) is 0 Å². The first-order chi connectivity index (χ1) is 5.83. The van der Waals surface area contributed by atoms with E-state index in [0.29, 0.717) is 0 Å². The van der Waals surface area contributed by atoms with Gasteiger partial charge in [-0.05, 0) is 19.3 Å². The molecule has 0 radical (unpaired) electrons. The second-order valence-corrected chi connectivity index (χ2v) is 3.70. The summed E-state index contributed by atoms with van der Waals surface area (Å²) in [5.74, 6) is 0. The fourth-order valence-electron chi connectivity index (χ4n) is 1.87. The van der Waals surface area contributed by atoms with Gasteiger partial charge in [0.1, 0.15) is 0 Å². The van der Waals surface area contributed by atoms with E-state index < -0.39 is 0 Å². The van der Waals surface area contributed by atoms with E-state index in [4.69, 9.17) is 14.2 Å². The predicted molar refractivity (Wildman–Crippen MR) is 38.3 cm³/mol. The fraction of sp³-hybridized carbons (Fsp3) is 1.00. The third-order valence-corrected chi connectivity index (χ3v) is 2.70. The van der Waals surface area contributed by atoms with E-state index in [-0.39, 0.29) is 30.9 Å². The maximum absolute atomic E-state index is 9.23. The van der Waals surface area contributed by atoms with Crippen molar-refractivity contribution in [3.05, 3.63) is 0 Å². The first-order valence-corrected chi connectivity index (χ1v) is 4.47. The first-order valence-electron chi connectivity index (χ1n) is 4.47. The van der Waals surface area contributed by atoms with E-state index in [9.17, 15) is 5.11 Å². The highest BCUT2D eigenvalue weighted by Crippen LogP contribution is 2.42. The summed E-state index contributed by atoms with van der Waals surface area (Å²) >= 11 is 0. The molecule has 12 heavy (non-hydrogen) atoms. The van der Waals surface area contributed by atoms with Crippen LogP contribution in [-0.4, -0.2) is 36.0 Å². The van der Waals surface area contributed by atoms with Crippen molar-refractivity contribution in [2.24, 2.45) is 0 Å². The molecule has 0 aromatic carbocycles. The molecule has 0 aromatic heterocycles. The zero-order valence-corrected chi connectivity index (χ0v) is 6.68. The van der Waals surface area contributed by atoms with Gasteiger partial charge in [0.25, 0.3) is 0 Å². The van der Waals surface area contributed by atoms with Gasteiger partial charge in [0, 0.05) is 0 Å². The summed E-state index contributed by atoms with van der Waals surface area (Å²) in [6.07, 6.45) is 2.62. The van der Waals surface area contributed by atoms with E-state index in [1.165, 1.54) is 0 Å². The molecule has 1 N–H and O–H groups in total. The van der Waals surface area contributed by atoms with E-state index in [1.54, 1.807) is 0 Å². The molecule has 5 unspecified atom stereocenters. The molecule has 0 aromatic rings. The van der Waals surface area contributed by atoms with Crippen molar-refractivity contribution >= 4 is 0 Å². The van der Waals surface area contributed by atoms with E-state index >= 15 is 0 Å². The van der Waals surface area contributed by atoms with Crippen LogP contribution in [0.1, 0.15) is 19.3 Å². The number of aliphatic hydroxyl groups excluding tert-OH is 1. The standard InChI is InChI=1S/C8H12O4/c9-4-1-2-5(3-4)10-7-6-8(11-6)12-7/h4-9H,1-3H2. The number of rotatable bonds is 2. The quantitative estimate of drug-likeness (QED) is 0.595. The lowest BCUT2D eigenvalue weighted by atomic mass is 10.3. The third kappa shape index (κ3) is 1.07. The summed E-state index contributed by atoms with van der Waals surface area (Å²) < 4.78 is 15.8. The zero-order valence-electron chi connectivity index (χ0n) is 6.68. The number of hydrogen-bond donors (Lipinski definition) is 1. The lowest BCUT2D eigenvalue weighted by Crippen LogP contribution is -2.38. The summed E-state index contributed by atoms with van der Waals surface area (Å²) in [4.78, 5) is 0. The highest BCUT2D eigenvalue weighted by molar-refractivity contribution is 4.91. The third-order valence-electron chi connectivity index (χ3n) is 2.70. The molecule has 3 fully saturated rings. The molecule has 4 nitrogen and oxygen atoms in total. The fourth-order valence-corrected chi connectivity index (χ4v) is 1.87. The van der Waals surface area contributed by atoms with Crippen LogP contribution in [0.2, 0.25) is 0 Å². The van der Waals surface area contributed by atoms with Crippen LogP contribution in [0.25, 0.3) is 0 Å². The van der Waals surface area contributed by atoms with Gasteiger partial charge in [0.2, 0.25) is 0 Å². The second kappa shape index (κ2) is 2.42. The Hall–Kier alpha value is -0.160. The lowest BCUT2D eigenvalue weighted by molar-refractivity contribution is -0.223. The molecule has 2 aliphatic heterocycles. The summed E-state index contributed by atoms with van der Waals surface area (Å²) in [6, 6.07) is 0. The van der Waals surface area contributed by atoms with Gasteiger partial charge in [-0.15, -0.1) is 0 Å². The average Bonchev–Trinajstić information content (AvgIpc) is 2.48. The van der Waals surface area contributed by atoms with Crippen molar-refractivity contribution in [2.45, 2.75) is 50.2 Å². The Bertz CT molecular complexity index is 195. The van der Waals surface area contributed by atoms with Crippen molar-refractivity contribution in [1.29, 1.82) is 0 Å².